The average molecular weight is 872 g/mol. The highest BCUT2D eigenvalue weighted by molar-refractivity contribution is 9.10. The summed E-state index contributed by atoms with van der Waals surface area (Å²) in [5.41, 5.74) is 3.74. The first kappa shape index (κ1) is 42.0. The maximum absolute atomic E-state index is 14.8. The normalized spacial score (nSPS) is 17.6. The summed E-state index contributed by atoms with van der Waals surface area (Å²) in [4.78, 5) is 63.3. The Balaban J connectivity index is 0.815. The number of imide groups is 1. The van der Waals surface area contributed by atoms with Crippen molar-refractivity contribution in [1.82, 2.24) is 25.1 Å². The van der Waals surface area contributed by atoms with Gasteiger partial charge in [-0.3, -0.25) is 24.5 Å². The van der Waals surface area contributed by atoms with Crippen LogP contribution in [-0.4, -0.2) is 76.2 Å². The van der Waals surface area contributed by atoms with E-state index < -0.39 is 17.8 Å². The number of unbranched alkanes of at least 4 members (excludes halogenated alkanes) is 5. The van der Waals surface area contributed by atoms with Crippen LogP contribution in [0.1, 0.15) is 122 Å². The van der Waals surface area contributed by atoms with Gasteiger partial charge in [-0.25, -0.2) is 14.4 Å². The first-order chi connectivity index (χ1) is 28.5. The van der Waals surface area contributed by atoms with Crippen LogP contribution in [0.25, 0.3) is 10.9 Å². The summed E-state index contributed by atoms with van der Waals surface area (Å²) in [5.74, 6) is 1.14. The van der Waals surface area contributed by atoms with Crippen LogP contribution in [0.5, 0.6) is 11.5 Å². The minimum atomic E-state index is -0.750. The molecule has 4 heterocycles. The van der Waals surface area contributed by atoms with Gasteiger partial charge < -0.3 is 24.6 Å². The molecule has 59 heavy (non-hydrogen) atoms. The second-order valence-corrected chi connectivity index (χ2v) is 16.8. The number of carbonyl (C=O) groups is 4. The largest absolute Gasteiger partial charge is 0.493 e. The zero-order chi connectivity index (χ0) is 41.6. The van der Waals surface area contributed by atoms with Crippen LogP contribution < -0.4 is 20.1 Å². The second-order valence-electron chi connectivity index (χ2n) is 15.9. The third kappa shape index (κ3) is 9.86. The average Bonchev–Trinajstić information content (AvgIpc) is 3.54. The molecule has 3 aliphatic heterocycles. The number of hydrogen-bond donors (Lipinski definition) is 2. The number of aryl methyl sites for hydroxylation is 1. The Kier molecular flexibility index (Phi) is 13.4. The first-order valence-corrected chi connectivity index (χ1v) is 21.5. The summed E-state index contributed by atoms with van der Waals surface area (Å²) >= 11 is 3.56. The molecule has 14 heteroatoms. The van der Waals surface area contributed by atoms with Gasteiger partial charge in [-0.15, -0.1) is 0 Å². The Morgan fingerprint density at radius 1 is 0.983 bits per heavy atom. The molecular formula is C45H52BrFN6O6. The first-order valence-electron chi connectivity index (χ1n) is 20.7. The Hall–Kier alpha value is -5.11. The lowest BCUT2D eigenvalue weighted by molar-refractivity contribution is -0.137. The van der Waals surface area contributed by atoms with Gasteiger partial charge in [0.2, 0.25) is 17.7 Å². The van der Waals surface area contributed by atoms with Crippen molar-refractivity contribution >= 4 is 56.3 Å². The van der Waals surface area contributed by atoms with E-state index in [9.17, 15) is 23.6 Å². The highest BCUT2D eigenvalue weighted by Crippen LogP contribution is 2.39. The molecule has 7 rings (SSSR count). The minimum absolute atomic E-state index is 0.00916. The molecule has 1 aromatic heterocycles. The minimum Gasteiger partial charge on any atom is -0.493 e. The predicted octanol–water partition coefficient (Wildman–Crippen LogP) is 8.30. The molecule has 2 unspecified atom stereocenters. The number of methoxy groups -OCH3 is 1. The molecule has 0 saturated carbocycles. The Morgan fingerprint density at radius 3 is 2.49 bits per heavy atom. The SMILES string of the molecule is COc1cc2c(NC(C)c3cccc(Br)c3)nc(C)nc2cc1OCCCCCCCCC(=O)N1CCC(c2cc(F)cc3c2CN(C2CCC(=O)NC2=O)C3=O)CC1. The third-order valence-electron chi connectivity index (χ3n) is 11.8. The quantitative estimate of drug-likeness (QED) is 0.0840. The van der Waals surface area contributed by atoms with Gasteiger partial charge in [0, 0.05) is 54.0 Å². The number of nitrogens with zero attached hydrogens (tertiary/aromatic N) is 4. The summed E-state index contributed by atoms with van der Waals surface area (Å²) in [6.45, 7) is 5.91. The maximum Gasteiger partial charge on any atom is 0.255 e. The van der Waals surface area contributed by atoms with E-state index in [1.165, 1.54) is 17.0 Å². The van der Waals surface area contributed by atoms with Crippen molar-refractivity contribution in [1.29, 1.82) is 0 Å². The smallest absolute Gasteiger partial charge is 0.255 e. The molecular weight excluding hydrogens is 819 g/mol. The van der Waals surface area contributed by atoms with Gasteiger partial charge >= 0.3 is 0 Å². The van der Waals surface area contributed by atoms with Crippen LogP contribution in [0.3, 0.4) is 0 Å². The summed E-state index contributed by atoms with van der Waals surface area (Å²) in [6.07, 6.45) is 8.09. The number of benzene rings is 3. The predicted molar refractivity (Wildman–Crippen MR) is 226 cm³/mol. The van der Waals surface area contributed by atoms with Crippen LogP contribution in [0.15, 0.2) is 53.0 Å². The van der Waals surface area contributed by atoms with Crippen LogP contribution in [0.2, 0.25) is 0 Å². The van der Waals surface area contributed by atoms with Crippen molar-refractivity contribution in [3.8, 4) is 11.5 Å². The fourth-order valence-corrected chi connectivity index (χ4v) is 9.00. The number of aromatic nitrogens is 2. The van der Waals surface area contributed by atoms with Crippen molar-refractivity contribution in [3.05, 3.63) is 86.9 Å². The van der Waals surface area contributed by atoms with Crippen LogP contribution in [0.4, 0.5) is 10.2 Å². The molecule has 312 valence electrons. The van der Waals surface area contributed by atoms with Gasteiger partial charge in [0.15, 0.2) is 11.5 Å². The van der Waals surface area contributed by atoms with Gasteiger partial charge in [0.25, 0.3) is 5.91 Å². The molecule has 2 atom stereocenters. The molecule has 0 bridgehead atoms. The molecule has 2 saturated heterocycles. The topological polar surface area (TPSA) is 143 Å². The number of rotatable bonds is 16. The van der Waals surface area contributed by atoms with Gasteiger partial charge in [0.1, 0.15) is 23.5 Å². The second kappa shape index (κ2) is 18.9. The number of halogens is 2. The lowest BCUT2D eigenvalue weighted by Crippen LogP contribution is -2.52. The van der Waals surface area contributed by atoms with Crippen molar-refractivity contribution in [2.45, 2.75) is 109 Å². The molecule has 0 radical (unpaired) electrons. The summed E-state index contributed by atoms with van der Waals surface area (Å²) in [7, 11) is 1.64. The number of carbonyl (C=O) groups excluding carboxylic acids is 4. The van der Waals surface area contributed by atoms with Gasteiger partial charge in [-0.1, -0.05) is 53.7 Å². The van der Waals surface area contributed by atoms with E-state index in [4.69, 9.17) is 14.5 Å². The lowest BCUT2D eigenvalue weighted by atomic mass is 9.85. The standard InChI is InChI=1S/C45H52BrFN6O6/c1-27(30-11-10-12-31(46)21-30)48-43-35-24-39(58-3)40(25-37(35)49-28(2)50-43)59-20-9-7-5-4-6-8-13-42(55)52-18-16-29(17-19-52)33-22-32(47)23-34-36(33)26-53(45(34)57)38-14-15-41(54)51-44(38)56/h10-12,21-25,27,29,38H,4-9,13-20,26H2,1-3H3,(H,48,49,50)(H,51,54,56). The fraction of sp³-hybridized carbons (Fsp3) is 0.467. The van der Waals surface area contributed by atoms with E-state index in [1.54, 1.807) is 7.11 Å². The Bertz CT molecular complexity index is 2230. The van der Waals surface area contributed by atoms with Crippen LogP contribution in [0, 0.1) is 12.7 Å². The number of hydrogen-bond acceptors (Lipinski definition) is 9. The van der Waals surface area contributed by atoms with Gasteiger partial charge in [0.05, 0.1) is 25.3 Å². The van der Waals surface area contributed by atoms with Gasteiger partial charge in [-0.05, 0) is 98.9 Å². The summed E-state index contributed by atoms with van der Waals surface area (Å²) in [5, 5.41) is 6.72. The number of anilines is 1. The zero-order valence-corrected chi connectivity index (χ0v) is 35.5. The van der Waals surface area contributed by atoms with E-state index in [2.05, 4.69) is 50.6 Å². The molecule has 3 aliphatic rings. The number of fused-ring (bicyclic) bond motifs is 2. The van der Waals surface area contributed by atoms with Gasteiger partial charge in [-0.2, -0.15) is 0 Å². The molecule has 0 aliphatic carbocycles. The van der Waals surface area contributed by atoms with Crippen LogP contribution in [-0.2, 0) is 20.9 Å². The number of ether oxygens (including phenoxy) is 2. The van der Waals surface area contributed by atoms with E-state index in [0.29, 0.717) is 56.3 Å². The van der Waals surface area contributed by atoms with Crippen molar-refractivity contribution in [2.75, 3.05) is 32.1 Å². The van der Waals surface area contributed by atoms with E-state index in [-0.39, 0.29) is 54.6 Å². The van der Waals surface area contributed by atoms with E-state index >= 15 is 0 Å². The van der Waals surface area contributed by atoms with Crippen molar-refractivity contribution < 1.29 is 33.0 Å². The number of piperidine rings is 2. The highest BCUT2D eigenvalue weighted by atomic mass is 79.9. The lowest BCUT2D eigenvalue weighted by Gasteiger charge is -2.33. The molecule has 2 fully saturated rings. The van der Waals surface area contributed by atoms with E-state index in [0.717, 1.165) is 76.4 Å². The Morgan fingerprint density at radius 2 is 1.75 bits per heavy atom. The van der Waals surface area contributed by atoms with Crippen LogP contribution >= 0.6 is 15.9 Å². The summed E-state index contributed by atoms with van der Waals surface area (Å²) in [6, 6.07) is 14.1. The molecule has 2 N–H and O–H groups in total. The number of amides is 4. The molecule has 4 aromatic rings. The molecule has 0 spiro atoms. The highest BCUT2D eigenvalue weighted by Gasteiger charge is 2.41. The van der Waals surface area contributed by atoms with Crippen molar-refractivity contribution in [2.24, 2.45) is 0 Å². The summed E-state index contributed by atoms with van der Waals surface area (Å²) < 4.78 is 27.7. The van der Waals surface area contributed by atoms with E-state index in [1.807, 2.05) is 36.1 Å². The monoisotopic (exact) mass is 870 g/mol. The molecule has 3 aromatic carbocycles. The van der Waals surface area contributed by atoms with Crippen molar-refractivity contribution in [3.63, 3.8) is 0 Å². The molecule has 12 nitrogen and oxygen atoms in total. The number of likely N-dealkylation sites (tertiary alicyclic amines) is 1. The zero-order valence-electron chi connectivity index (χ0n) is 34.0. The third-order valence-corrected chi connectivity index (χ3v) is 12.3. The molecule has 4 amide bonds. The number of nitrogens with one attached hydrogen (secondary N) is 2. The Labute approximate surface area is 352 Å². The fourth-order valence-electron chi connectivity index (χ4n) is 8.58. The maximum atomic E-state index is 14.8.